The van der Waals surface area contributed by atoms with E-state index in [2.05, 4.69) is 10.6 Å². The van der Waals surface area contributed by atoms with Crippen LogP contribution in [0.1, 0.15) is 24.2 Å². The van der Waals surface area contributed by atoms with E-state index in [0.717, 1.165) is 6.07 Å². The van der Waals surface area contributed by atoms with Crippen LogP contribution in [0.15, 0.2) is 18.2 Å². The summed E-state index contributed by atoms with van der Waals surface area (Å²) in [5.41, 5.74) is -0.0734. The predicted molar refractivity (Wildman–Crippen MR) is 77.7 cm³/mol. The third kappa shape index (κ3) is 4.96. The Morgan fingerprint density at radius 2 is 2.00 bits per heavy atom. The summed E-state index contributed by atoms with van der Waals surface area (Å²) in [5, 5.41) is 23.5. The number of hydrogen-bond acceptors (Lipinski definition) is 4. The van der Waals surface area contributed by atoms with Crippen molar-refractivity contribution in [2.45, 2.75) is 19.9 Å². The van der Waals surface area contributed by atoms with Crippen LogP contribution in [-0.2, 0) is 4.74 Å². The van der Waals surface area contributed by atoms with Gasteiger partial charge in [-0.05, 0) is 24.1 Å². The number of anilines is 1. The Morgan fingerprint density at radius 3 is 2.52 bits per heavy atom. The van der Waals surface area contributed by atoms with Crippen molar-refractivity contribution < 1.29 is 24.5 Å². The molecule has 0 radical (unpaired) electrons. The van der Waals surface area contributed by atoms with Gasteiger partial charge < -0.3 is 25.6 Å². The average molecular weight is 296 g/mol. The first kappa shape index (κ1) is 16.8. The highest BCUT2D eigenvalue weighted by Crippen LogP contribution is 2.21. The first-order valence-corrected chi connectivity index (χ1v) is 6.48. The maximum atomic E-state index is 11.9. The predicted octanol–water partition coefficient (Wildman–Crippen LogP) is 1.88. The molecule has 0 aliphatic carbocycles. The molecule has 4 N–H and O–H groups in total. The van der Waals surface area contributed by atoms with Crippen LogP contribution in [0.5, 0.6) is 5.75 Å². The van der Waals surface area contributed by atoms with Crippen molar-refractivity contribution in [2.75, 3.05) is 19.0 Å². The molecule has 0 saturated carbocycles. The number of methoxy groups -OCH3 is 1. The van der Waals surface area contributed by atoms with E-state index in [9.17, 15) is 14.7 Å². The molecule has 0 bridgehead atoms. The number of amides is 2. The van der Waals surface area contributed by atoms with Gasteiger partial charge in [0, 0.05) is 7.11 Å². The smallest absolute Gasteiger partial charge is 0.337 e. The molecule has 1 rings (SSSR count). The third-order valence-electron chi connectivity index (χ3n) is 2.95. The van der Waals surface area contributed by atoms with Crippen molar-refractivity contribution >= 4 is 17.7 Å². The van der Waals surface area contributed by atoms with E-state index in [0.29, 0.717) is 6.61 Å². The summed E-state index contributed by atoms with van der Waals surface area (Å²) in [6, 6.07) is 2.99. The summed E-state index contributed by atoms with van der Waals surface area (Å²) in [6.07, 6.45) is 0. The lowest BCUT2D eigenvalue weighted by molar-refractivity contribution is 0.0697. The molecule has 7 nitrogen and oxygen atoms in total. The second-order valence-corrected chi connectivity index (χ2v) is 4.94. The van der Waals surface area contributed by atoms with E-state index in [1.54, 1.807) is 0 Å². The summed E-state index contributed by atoms with van der Waals surface area (Å²) in [6.45, 7) is 4.23. The Morgan fingerprint density at radius 1 is 1.33 bits per heavy atom. The molecule has 0 spiro atoms. The van der Waals surface area contributed by atoms with Crippen molar-refractivity contribution in [3.63, 3.8) is 0 Å². The van der Waals surface area contributed by atoms with Gasteiger partial charge >= 0.3 is 12.0 Å². The molecule has 0 aliphatic heterocycles. The number of benzene rings is 1. The molecule has 0 fully saturated rings. The number of phenols is 1. The molecule has 21 heavy (non-hydrogen) atoms. The molecule has 0 aliphatic rings. The summed E-state index contributed by atoms with van der Waals surface area (Å²) in [4.78, 5) is 23.0. The van der Waals surface area contributed by atoms with E-state index >= 15 is 0 Å². The van der Waals surface area contributed by atoms with Crippen LogP contribution in [0.25, 0.3) is 0 Å². The van der Waals surface area contributed by atoms with Crippen LogP contribution in [0, 0.1) is 5.92 Å². The lowest BCUT2D eigenvalue weighted by Crippen LogP contribution is -2.43. The molecule has 1 aromatic rings. The van der Waals surface area contributed by atoms with Gasteiger partial charge in [-0.3, -0.25) is 0 Å². The molecule has 1 unspecified atom stereocenters. The fourth-order valence-corrected chi connectivity index (χ4v) is 1.73. The first-order valence-electron chi connectivity index (χ1n) is 6.48. The van der Waals surface area contributed by atoms with Gasteiger partial charge in [0.2, 0.25) is 0 Å². The second-order valence-electron chi connectivity index (χ2n) is 4.94. The molecule has 0 heterocycles. The van der Waals surface area contributed by atoms with Gasteiger partial charge in [-0.1, -0.05) is 13.8 Å². The number of carbonyl (C=O) groups excluding carboxylic acids is 1. The highest BCUT2D eigenvalue weighted by molar-refractivity contribution is 6.00. The largest absolute Gasteiger partial charge is 0.508 e. The normalized spacial score (nSPS) is 12.0. The van der Waals surface area contributed by atoms with Crippen LogP contribution in [0.3, 0.4) is 0 Å². The number of carboxylic acids is 1. The number of aromatic hydroxyl groups is 1. The zero-order valence-electron chi connectivity index (χ0n) is 12.2. The summed E-state index contributed by atoms with van der Waals surface area (Å²) >= 11 is 0. The molecule has 116 valence electrons. The monoisotopic (exact) mass is 296 g/mol. The van der Waals surface area contributed by atoms with Gasteiger partial charge in [-0.2, -0.15) is 0 Å². The van der Waals surface area contributed by atoms with Crippen LogP contribution >= 0.6 is 0 Å². The maximum Gasteiger partial charge on any atom is 0.337 e. The fraction of sp³-hybridized carbons (Fsp3) is 0.429. The van der Waals surface area contributed by atoms with E-state index in [1.807, 2.05) is 13.8 Å². The Labute approximate surface area is 122 Å². The number of carboxylic acid groups (broad SMARTS) is 1. The maximum absolute atomic E-state index is 11.9. The minimum atomic E-state index is -1.24. The summed E-state index contributed by atoms with van der Waals surface area (Å²) < 4.78 is 5.02. The Balaban J connectivity index is 2.81. The minimum Gasteiger partial charge on any atom is -0.508 e. The number of rotatable bonds is 6. The molecule has 2 amide bonds. The summed E-state index contributed by atoms with van der Waals surface area (Å²) in [5.74, 6) is -1.26. The Bertz CT molecular complexity index is 516. The van der Waals surface area contributed by atoms with E-state index in [4.69, 9.17) is 9.84 Å². The first-order chi connectivity index (χ1) is 9.85. The van der Waals surface area contributed by atoms with Gasteiger partial charge in [0.05, 0.1) is 23.9 Å². The Kier molecular flexibility index (Phi) is 5.98. The Hall–Kier alpha value is -2.28. The molecular formula is C14H20N2O5. The SMILES string of the molecule is COCC(NC(=O)Nc1ccc(O)cc1C(=O)O)C(C)C. The highest BCUT2D eigenvalue weighted by atomic mass is 16.5. The van der Waals surface area contributed by atoms with Crippen molar-refractivity contribution in [1.82, 2.24) is 5.32 Å². The number of hydrogen-bond donors (Lipinski definition) is 4. The van der Waals surface area contributed by atoms with Crippen LogP contribution in [0.4, 0.5) is 10.5 Å². The standard InChI is InChI=1S/C14H20N2O5/c1-8(2)12(7-21-3)16-14(20)15-11-5-4-9(17)6-10(11)13(18)19/h4-6,8,12,17H,7H2,1-3H3,(H,18,19)(H2,15,16,20). The number of aromatic carboxylic acids is 1. The average Bonchev–Trinajstić information content (AvgIpc) is 2.40. The van der Waals surface area contributed by atoms with Crippen molar-refractivity contribution in [1.29, 1.82) is 0 Å². The number of carbonyl (C=O) groups is 2. The quantitative estimate of drug-likeness (QED) is 0.599. The molecule has 1 atom stereocenters. The lowest BCUT2D eigenvalue weighted by Gasteiger charge is -2.22. The molecular weight excluding hydrogens is 276 g/mol. The number of nitrogens with one attached hydrogen (secondary N) is 2. The van der Waals surface area contributed by atoms with Gasteiger partial charge in [0.25, 0.3) is 0 Å². The number of phenolic OH excluding ortho intramolecular Hbond substituents is 1. The van der Waals surface area contributed by atoms with E-state index in [-0.39, 0.29) is 29.0 Å². The van der Waals surface area contributed by atoms with Crippen LogP contribution in [0.2, 0.25) is 0 Å². The van der Waals surface area contributed by atoms with Gasteiger partial charge in [-0.15, -0.1) is 0 Å². The topological polar surface area (TPSA) is 108 Å². The lowest BCUT2D eigenvalue weighted by atomic mass is 10.1. The van der Waals surface area contributed by atoms with Gasteiger partial charge in [0.1, 0.15) is 5.75 Å². The minimum absolute atomic E-state index is 0.109. The van der Waals surface area contributed by atoms with Crippen LogP contribution in [-0.4, -0.2) is 42.0 Å². The summed E-state index contributed by atoms with van der Waals surface area (Å²) in [7, 11) is 1.54. The fourth-order valence-electron chi connectivity index (χ4n) is 1.73. The van der Waals surface area contributed by atoms with E-state index < -0.39 is 12.0 Å². The molecule has 0 aromatic heterocycles. The van der Waals surface area contributed by atoms with Crippen molar-refractivity contribution in [3.05, 3.63) is 23.8 Å². The number of urea groups is 1. The van der Waals surface area contributed by atoms with Crippen molar-refractivity contribution in [3.8, 4) is 5.75 Å². The molecule has 0 saturated heterocycles. The highest BCUT2D eigenvalue weighted by Gasteiger charge is 2.18. The van der Waals surface area contributed by atoms with Gasteiger partial charge in [0.15, 0.2) is 0 Å². The zero-order chi connectivity index (χ0) is 16.0. The van der Waals surface area contributed by atoms with Crippen LogP contribution < -0.4 is 10.6 Å². The zero-order valence-corrected chi connectivity index (χ0v) is 12.2. The molecule has 7 heteroatoms. The molecule has 1 aromatic carbocycles. The van der Waals surface area contributed by atoms with E-state index in [1.165, 1.54) is 19.2 Å². The number of ether oxygens (including phenoxy) is 1. The second kappa shape index (κ2) is 7.49. The van der Waals surface area contributed by atoms with Gasteiger partial charge in [-0.25, -0.2) is 9.59 Å². The third-order valence-corrected chi connectivity index (χ3v) is 2.95. The van der Waals surface area contributed by atoms with Crippen molar-refractivity contribution in [2.24, 2.45) is 5.92 Å².